The molecule has 68 valence electrons. The summed E-state index contributed by atoms with van der Waals surface area (Å²) in [7, 11) is 0. The van der Waals surface area contributed by atoms with E-state index in [2.05, 4.69) is 34.8 Å². The molecule has 12 heavy (non-hydrogen) atoms. The number of thiazole rings is 1. The maximum atomic E-state index is 4.56. The highest BCUT2D eigenvalue weighted by Crippen LogP contribution is 2.26. The molecule has 0 saturated heterocycles. The zero-order valence-corrected chi connectivity index (χ0v) is 9.96. The monoisotopic (exact) mass is 247 g/mol. The number of aromatic nitrogens is 1. The lowest BCUT2D eigenvalue weighted by Gasteiger charge is -1.90. The molecule has 0 aromatic carbocycles. The van der Waals surface area contributed by atoms with E-state index < -0.39 is 0 Å². The molecule has 0 bridgehead atoms. The minimum absolute atomic E-state index is 1.10. The zero-order chi connectivity index (χ0) is 8.97. The Balaban J connectivity index is 2.70. The lowest BCUT2D eigenvalue weighted by molar-refractivity contribution is 0.855. The molecule has 0 saturated carbocycles. The molecular formula is C9H14BrNS. The van der Waals surface area contributed by atoms with Crippen LogP contribution in [-0.4, -0.2) is 4.98 Å². The molecule has 0 aliphatic rings. The molecule has 1 heterocycles. The molecule has 0 unspecified atom stereocenters. The van der Waals surface area contributed by atoms with Crippen molar-refractivity contribution in [2.24, 2.45) is 0 Å². The summed E-state index contributed by atoms with van der Waals surface area (Å²) in [6.45, 7) is 4.38. The Morgan fingerprint density at radius 1 is 1.25 bits per heavy atom. The minimum atomic E-state index is 1.10. The van der Waals surface area contributed by atoms with Gasteiger partial charge in [0.15, 0.2) is 0 Å². The van der Waals surface area contributed by atoms with E-state index >= 15 is 0 Å². The summed E-state index contributed by atoms with van der Waals surface area (Å²) >= 11 is 5.33. The van der Waals surface area contributed by atoms with Crippen LogP contribution in [-0.2, 0) is 12.8 Å². The molecule has 0 fully saturated rings. The van der Waals surface area contributed by atoms with Crippen LogP contribution < -0.4 is 0 Å². The largest absolute Gasteiger partial charge is 0.245 e. The first-order chi connectivity index (χ1) is 5.77. The molecule has 3 heteroatoms. The fourth-order valence-electron chi connectivity index (χ4n) is 1.09. The Labute approximate surface area is 86.3 Å². The standard InChI is InChI=1S/C9H14BrNS/c1-3-5-7-9(10)12-8(11-7)6-4-2/h3-6H2,1-2H3. The van der Waals surface area contributed by atoms with Crippen molar-refractivity contribution < 1.29 is 0 Å². The molecule has 0 spiro atoms. The summed E-state index contributed by atoms with van der Waals surface area (Å²) < 4.78 is 1.23. The van der Waals surface area contributed by atoms with Crippen LogP contribution in [0.1, 0.15) is 37.4 Å². The van der Waals surface area contributed by atoms with Crippen LogP contribution in [0, 0.1) is 0 Å². The van der Waals surface area contributed by atoms with E-state index in [0.29, 0.717) is 0 Å². The summed E-state index contributed by atoms with van der Waals surface area (Å²) in [6.07, 6.45) is 4.58. The third-order valence-electron chi connectivity index (χ3n) is 1.64. The number of hydrogen-bond donors (Lipinski definition) is 0. The third kappa shape index (κ3) is 2.56. The average molecular weight is 248 g/mol. The molecule has 0 aliphatic carbocycles. The summed E-state index contributed by atoms with van der Waals surface area (Å²) in [5.41, 5.74) is 1.24. The first-order valence-corrected chi connectivity index (χ1v) is 6.03. The van der Waals surface area contributed by atoms with Gasteiger partial charge in [-0.2, -0.15) is 0 Å². The normalized spacial score (nSPS) is 10.6. The summed E-state index contributed by atoms with van der Waals surface area (Å²) in [5, 5.41) is 1.27. The van der Waals surface area contributed by atoms with E-state index in [-0.39, 0.29) is 0 Å². The van der Waals surface area contributed by atoms with Crippen LogP contribution in [0.25, 0.3) is 0 Å². The number of nitrogens with zero attached hydrogens (tertiary/aromatic N) is 1. The van der Waals surface area contributed by atoms with Gasteiger partial charge in [-0.05, 0) is 35.2 Å². The van der Waals surface area contributed by atoms with Crippen LogP contribution in [0.4, 0.5) is 0 Å². The zero-order valence-electron chi connectivity index (χ0n) is 7.56. The van der Waals surface area contributed by atoms with Gasteiger partial charge in [-0.3, -0.25) is 0 Å². The quantitative estimate of drug-likeness (QED) is 0.789. The van der Waals surface area contributed by atoms with Gasteiger partial charge in [0.25, 0.3) is 0 Å². The van der Waals surface area contributed by atoms with Gasteiger partial charge >= 0.3 is 0 Å². The highest BCUT2D eigenvalue weighted by Gasteiger charge is 2.06. The van der Waals surface area contributed by atoms with Crippen LogP contribution >= 0.6 is 27.3 Å². The predicted molar refractivity (Wildman–Crippen MR) is 57.8 cm³/mol. The van der Waals surface area contributed by atoms with E-state index in [4.69, 9.17) is 0 Å². The molecule has 1 aromatic heterocycles. The van der Waals surface area contributed by atoms with Gasteiger partial charge in [0.05, 0.1) is 14.5 Å². The molecule has 1 rings (SSSR count). The number of halogens is 1. The van der Waals surface area contributed by atoms with Crippen molar-refractivity contribution in [3.05, 3.63) is 14.5 Å². The molecule has 1 nitrogen and oxygen atoms in total. The Kier molecular flexibility index (Phi) is 4.22. The Morgan fingerprint density at radius 3 is 2.50 bits per heavy atom. The van der Waals surface area contributed by atoms with E-state index in [1.54, 1.807) is 11.3 Å². The third-order valence-corrected chi connectivity index (χ3v) is 3.53. The van der Waals surface area contributed by atoms with Gasteiger partial charge in [-0.1, -0.05) is 20.3 Å². The van der Waals surface area contributed by atoms with Crippen molar-refractivity contribution >= 4 is 27.3 Å². The lowest BCUT2D eigenvalue weighted by atomic mass is 10.3. The molecule has 0 radical (unpaired) electrons. The summed E-state index contributed by atoms with van der Waals surface area (Å²) in [5.74, 6) is 0. The Morgan fingerprint density at radius 2 is 1.92 bits per heavy atom. The first kappa shape index (κ1) is 10.2. The van der Waals surface area contributed by atoms with Gasteiger partial charge in [-0.15, -0.1) is 11.3 Å². The molecule has 0 amide bonds. The van der Waals surface area contributed by atoms with Crippen molar-refractivity contribution in [1.82, 2.24) is 4.98 Å². The summed E-state index contributed by atoms with van der Waals surface area (Å²) in [6, 6.07) is 0. The van der Waals surface area contributed by atoms with Crippen molar-refractivity contribution in [2.75, 3.05) is 0 Å². The van der Waals surface area contributed by atoms with Gasteiger partial charge in [0, 0.05) is 0 Å². The van der Waals surface area contributed by atoms with Crippen molar-refractivity contribution in [3.63, 3.8) is 0 Å². The smallest absolute Gasteiger partial charge is 0.0940 e. The van der Waals surface area contributed by atoms with E-state index in [9.17, 15) is 0 Å². The second kappa shape index (κ2) is 4.97. The molecular weight excluding hydrogens is 234 g/mol. The second-order valence-corrected chi connectivity index (χ2v) is 5.23. The van der Waals surface area contributed by atoms with Crippen molar-refractivity contribution in [1.29, 1.82) is 0 Å². The second-order valence-electron chi connectivity index (χ2n) is 2.83. The maximum absolute atomic E-state index is 4.56. The van der Waals surface area contributed by atoms with Crippen molar-refractivity contribution in [3.8, 4) is 0 Å². The molecule has 0 N–H and O–H groups in total. The van der Waals surface area contributed by atoms with E-state index in [1.807, 2.05) is 0 Å². The molecule has 0 atom stereocenters. The predicted octanol–water partition coefficient (Wildman–Crippen LogP) is 3.81. The Bertz CT molecular complexity index is 245. The summed E-state index contributed by atoms with van der Waals surface area (Å²) in [4.78, 5) is 4.56. The van der Waals surface area contributed by atoms with Crippen LogP contribution in [0.5, 0.6) is 0 Å². The number of rotatable bonds is 4. The minimum Gasteiger partial charge on any atom is -0.245 e. The average Bonchev–Trinajstić information content (AvgIpc) is 2.34. The highest BCUT2D eigenvalue weighted by molar-refractivity contribution is 9.11. The SMILES string of the molecule is CCCc1nc(CCC)c(Br)s1. The van der Waals surface area contributed by atoms with E-state index in [1.165, 1.54) is 27.3 Å². The molecule has 1 aromatic rings. The number of aryl methyl sites for hydroxylation is 2. The lowest BCUT2D eigenvalue weighted by Crippen LogP contribution is -1.86. The van der Waals surface area contributed by atoms with Crippen LogP contribution in [0.15, 0.2) is 3.79 Å². The molecule has 0 aliphatic heterocycles. The van der Waals surface area contributed by atoms with Gasteiger partial charge < -0.3 is 0 Å². The van der Waals surface area contributed by atoms with Gasteiger partial charge in [0.2, 0.25) is 0 Å². The van der Waals surface area contributed by atoms with Crippen LogP contribution in [0.3, 0.4) is 0 Å². The maximum Gasteiger partial charge on any atom is 0.0940 e. The number of hydrogen-bond acceptors (Lipinski definition) is 2. The Hall–Kier alpha value is 0.110. The van der Waals surface area contributed by atoms with Crippen molar-refractivity contribution in [2.45, 2.75) is 39.5 Å². The van der Waals surface area contributed by atoms with E-state index in [0.717, 1.165) is 12.8 Å². The fourth-order valence-corrected chi connectivity index (χ4v) is 2.87. The van der Waals surface area contributed by atoms with Crippen LogP contribution in [0.2, 0.25) is 0 Å². The first-order valence-electron chi connectivity index (χ1n) is 4.42. The van der Waals surface area contributed by atoms with Gasteiger partial charge in [-0.25, -0.2) is 4.98 Å². The highest BCUT2D eigenvalue weighted by atomic mass is 79.9. The van der Waals surface area contributed by atoms with Gasteiger partial charge in [0.1, 0.15) is 0 Å². The fraction of sp³-hybridized carbons (Fsp3) is 0.667. The topological polar surface area (TPSA) is 12.9 Å².